The van der Waals surface area contributed by atoms with Crippen LogP contribution in [0.15, 0.2) is 18.2 Å². The summed E-state index contributed by atoms with van der Waals surface area (Å²) in [5, 5.41) is 0. The molecule has 1 aliphatic rings. The highest BCUT2D eigenvalue weighted by Gasteiger charge is 2.25. The van der Waals surface area contributed by atoms with Crippen LogP contribution in [-0.4, -0.2) is 42.7 Å². The lowest BCUT2D eigenvalue weighted by Gasteiger charge is -2.34. The number of ether oxygens (including phenoxy) is 2. The second-order valence-electron chi connectivity index (χ2n) is 5.07. The zero-order chi connectivity index (χ0) is 14.4. The second kappa shape index (κ2) is 7.24. The van der Waals surface area contributed by atoms with E-state index in [4.69, 9.17) is 9.47 Å². The fraction of sp³-hybridized carbons (Fsp3) is 0.600. The van der Waals surface area contributed by atoms with Gasteiger partial charge in [0, 0.05) is 18.7 Å². The van der Waals surface area contributed by atoms with Gasteiger partial charge in [0.05, 0.1) is 26.3 Å². The van der Waals surface area contributed by atoms with Gasteiger partial charge < -0.3 is 9.47 Å². The highest BCUT2D eigenvalue weighted by Crippen LogP contribution is 2.22. The van der Waals surface area contributed by atoms with Crippen molar-refractivity contribution in [1.29, 1.82) is 0 Å². The number of carbonyl (C=O) groups is 1. The van der Waals surface area contributed by atoms with Gasteiger partial charge in [-0.25, -0.2) is 4.98 Å². The predicted octanol–water partition coefficient (Wildman–Crippen LogP) is 2.01. The zero-order valence-electron chi connectivity index (χ0n) is 12.2. The van der Waals surface area contributed by atoms with Crippen LogP contribution in [0.3, 0.4) is 0 Å². The Labute approximate surface area is 119 Å². The minimum absolute atomic E-state index is 0.138. The van der Waals surface area contributed by atoms with Crippen molar-refractivity contribution in [3.8, 4) is 5.88 Å². The lowest BCUT2D eigenvalue weighted by atomic mass is 9.99. The molecule has 0 amide bonds. The summed E-state index contributed by atoms with van der Waals surface area (Å²) in [6.45, 7) is 1.75. The third-order valence-electron chi connectivity index (χ3n) is 3.73. The average molecular weight is 278 g/mol. The first kappa shape index (κ1) is 14.8. The molecule has 1 fully saturated rings. The SMILES string of the molecule is COC(=O)CC1CCCCN1Cc1cccc(OC)n1. The molecule has 0 bridgehead atoms. The number of piperidine rings is 1. The van der Waals surface area contributed by atoms with Gasteiger partial charge in [-0.3, -0.25) is 9.69 Å². The second-order valence-corrected chi connectivity index (χ2v) is 5.07. The number of hydrogen-bond acceptors (Lipinski definition) is 5. The molecule has 0 aromatic carbocycles. The number of carbonyl (C=O) groups excluding carboxylic acids is 1. The van der Waals surface area contributed by atoms with Crippen molar-refractivity contribution in [1.82, 2.24) is 9.88 Å². The van der Waals surface area contributed by atoms with E-state index in [9.17, 15) is 4.79 Å². The summed E-state index contributed by atoms with van der Waals surface area (Å²) >= 11 is 0. The molecule has 0 aliphatic carbocycles. The first-order valence-corrected chi connectivity index (χ1v) is 7.03. The minimum Gasteiger partial charge on any atom is -0.481 e. The molecule has 2 rings (SSSR count). The van der Waals surface area contributed by atoms with E-state index in [1.165, 1.54) is 20.0 Å². The van der Waals surface area contributed by atoms with Gasteiger partial charge in [0.15, 0.2) is 0 Å². The molecule has 0 N–H and O–H groups in total. The Balaban J connectivity index is 2.02. The Morgan fingerprint density at radius 2 is 2.25 bits per heavy atom. The van der Waals surface area contributed by atoms with E-state index in [1.807, 2.05) is 18.2 Å². The summed E-state index contributed by atoms with van der Waals surface area (Å²) in [7, 11) is 3.06. The van der Waals surface area contributed by atoms with Crippen LogP contribution in [0.2, 0.25) is 0 Å². The number of rotatable bonds is 5. The van der Waals surface area contributed by atoms with Gasteiger partial charge in [-0.1, -0.05) is 12.5 Å². The van der Waals surface area contributed by atoms with E-state index < -0.39 is 0 Å². The van der Waals surface area contributed by atoms with Crippen molar-refractivity contribution in [2.45, 2.75) is 38.3 Å². The van der Waals surface area contributed by atoms with Crippen LogP contribution < -0.4 is 4.74 Å². The number of pyridine rings is 1. The summed E-state index contributed by atoms with van der Waals surface area (Å²) in [4.78, 5) is 18.3. The van der Waals surface area contributed by atoms with Crippen LogP contribution >= 0.6 is 0 Å². The molecule has 1 aromatic rings. The van der Waals surface area contributed by atoms with E-state index in [-0.39, 0.29) is 12.0 Å². The number of esters is 1. The van der Waals surface area contributed by atoms with Gasteiger partial charge in [-0.15, -0.1) is 0 Å². The van der Waals surface area contributed by atoms with Crippen molar-refractivity contribution in [3.05, 3.63) is 23.9 Å². The number of likely N-dealkylation sites (tertiary alicyclic amines) is 1. The lowest BCUT2D eigenvalue weighted by molar-refractivity contribution is -0.142. The fourth-order valence-electron chi connectivity index (χ4n) is 2.64. The number of methoxy groups -OCH3 is 2. The van der Waals surface area contributed by atoms with Crippen LogP contribution in [-0.2, 0) is 16.1 Å². The summed E-state index contributed by atoms with van der Waals surface area (Å²) in [5.74, 6) is 0.490. The zero-order valence-corrected chi connectivity index (χ0v) is 12.2. The third-order valence-corrected chi connectivity index (χ3v) is 3.73. The van der Waals surface area contributed by atoms with Crippen molar-refractivity contribution in [2.75, 3.05) is 20.8 Å². The summed E-state index contributed by atoms with van der Waals surface area (Å²) < 4.78 is 9.94. The van der Waals surface area contributed by atoms with Gasteiger partial charge in [0.2, 0.25) is 5.88 Å². The van der Waals surface area contributed by atoms with Crippen LogP contribution in [0.4, 0.5) is 0 Å². The molecule has 5 heteroatoms. The van der Waals surface area contributed by atoms with E-state index in [2.05, 4.69) is 9.88 Å². The van der Waals surface area contributed by atoms with Crippen molar-refractivity contribution in [3.63, 3.8) is 0 Å². The van der Waals surface area contributed by atoms with Crippen molar-refractivity contribution in [2.24, 2.45) is 0 Å². The largest absolute Gasteiger partial charge is 0.481 e. The topological polar surface area (TPSA) is 51.7 Å². The molecule has 0 radical (unpaired) electrons. The summed E-state index contributed by atoms with van der Waals surface area (Å²) in [5.41, 5.74) is 0.973. The smallest absolute Gasteiger partial charge is 0.307 e. The Hall–Kier alpha value is -1.62. The molecule has 1 atom stereocenters. The fourth-order valence-corrected chi connectivity index (χ4v) is 2.64. The molecule has 0 saturated carbocycles. The number of aromatic nitrogens is 1. The Kier molecular flexibility index (Phi) is 5.35. The highest BCUT2D eigenvalue weighted by atomic mass is 16.5. The molecule has 1 saturated heterocycles. The quantitative estimate of drug-likeness (QED) is 0.771. The Morgan fingerprint density at radius 3 is 3.00 bits per heavy atom. The Bertz CT molecular complexity index is 450. The van der Waals surface area contributed by atoms with Gasteiger partial charge in [0.1, 0.15) is 0 Å². The Morgan fingerprint density at radius 1 is 1.40 bits per heavy atom. The highest BCUT2D eigenvalue weighted by molar-refractivity contribution is 5.69. The van der Waals surface area contributed by atoms with Gasteiger partial charge in [0.25, 0.3) is 0 Å². The van der Waals surface area contributed by atoms with Crippen molar-refractivity contribution >= 4 is 5.97 Å². The van der Waals surface area contributed by atoms with E-state index in [1.54, 1.807) is 7.11 Å². The monoisotopic (exact) mass is 278 g/mol. The molecular formula is C15H22N2O3. The molecule has 1 unspecified atom stereocenters. The first-order valence-electron chi connectivity index (χ1n) is 7.03. The van der Waals surface area contributed by atoms with Crippen LogP contribution in [0, 0.1) is 0 Å². The van der Waals surface area contributed by atoms with Crippen LogP contribution in [0.1, 0.15) is 31.4 Å². The van der Waals surface area contributed by atoms with E-state index >= 15 is 0 Å². The lowest BCUT2D eigenvalue weighted by Crippen LogP contribution is -2.40. The maximum absolute atomic E-state index is 11.5. The molecule has 5 nitrogen and oxygen atoms in total. The molecular weight excluding hydrogens is 256 g/mol. The van der Waals surface area contributed by atoms with Gasteiger partial charge >= 0.3 is 5.97 Å². The predicted molar refractivity (Wildman–Crippen MR) is 75.5 cm³/mol. The summed E-state index contributed by atoms with van der Waals surface area (Å²) in [6, 6.07) is 6.03. The average Bonchev–Trinajstić information content (AvgIpc) is 2.49. The van der Waals surface area contributed by atoms with Crippen LogP contribution in [0.25, 0.3) is 0 Å². The molecule has 0 spiro atoms. The standard InChI is InChI=1S/C15H22N2O3/c1-19-14-8-5-6-12(16-14)11-17-9-4-3-7-13(17)10-15(18)20-2/h5-6,8,13H,3-4,7,9-11H2,1-2H3. The first-order chi connectivity index (χ1) is 9.72. The maximum Gasteiger partial charge on any atom is 0.307 e. The molecule has 1 aromatic heterocycles. The minimum atomic E-state index is -0.138. The maximum atomic E-state index is 11.5. The number of hydrogen-bond donors (Lipinski definition) is 0. The van der Waals surface area contributed by atoms with Crippen molar-refractivity contribution < 1.29 is 14.3 Å². The van der Waals surface area contributed by atoms with Gasteiger partial charge in [-0.2, -0.15) is 0 Å². The molecule has 1 aliphatic heterocycles. The normalized spacial score (nSPS) is 19.6. The van der Waals surface area contributed by atoms with Gasteiger partial charge in [-0.05, 0) is 25.5 Å². The molecule has 2 heterocycles. The van der Waals surface area contributed by atoms with Crippen LogP contribution in [0.5, 0.6) is 5.88 Å². The number of nitrogens with zero attached hydrogens (tertiary/aromatic N) is 2. The third kappa shape index (κ3) is 3.93. The van der Waals surface area contributed by atoms with E-state index in [0.29, 0.717) is 12.3 Å². The van der Waals surface area contributed by atoms with E-state index in [0.717, 1.165) is 25.2 Å². The molecule has 110 valence electrons. The molecule has 20 heavy (non-hydrogen) atoms. The summed E-state index contributed by atoms with van der Waals surface area (Å²) in [6.07, 6.45) is 3.84.